The fourth-order valence-electron chi connectivity index (χ4n) is 0.243. The van der Waals surface area contributed by atoms with Gasteiger partial charge in [-0.3, -0.25) is 9.59 Å². The molecular weight excluding hydrogens is 140 g/mol. The zero-order valence-electron chi connectivity index (χ0n) is 4.96. The predicted octanol–water partition coefficient (Wildman–Crippen LogP) is -2.33. The molecule has 0 spiro atoms. The summed E-state index contributed by atoms with van der Waals surface area (Å²) < 4.78 is 0. The minimum atomic E-state index is -1.64. The average molecular weight is 146 g/mol. The fraction of sp³-hybridized carbons (Fsp3) is 0.250. The van der Waals surface area contributed by atoms with E-state index in [2.05, 4.69) is 5.73 Å². The Bertz CT molecular complexity index is 176. The van der Waals surface area contributed by atoms with Crippen molar-refractivity contribution in [2.45, 2.75) is 0 Å². The molecule has 56 valence electrons. The van der Waals surface area contributed by atoms with Gasteiger partial charge in [-0.05, 0) is 0 Å². The van der Waals surface area contributed by atoms with E-state index < -0.39 is 24.3 Å². The summed E-state index contributed by atoms with van der Waals surface area (Å²) in [5, 5.41) is 9.70. The maximum Gasteiger partial charge on any atom is 0.394 e. The number of nitrogens with one attached hydrogen (secondary N) is 1. The van der Waals surface area contributed by atoms with Crippen molar-refractivity contribution >= 4 is 17.8 Å². The van der Waals surface area contributed by atoms with Crippen molar-refractivity contribution < 1.29 is 19.5 Å². The number of nitrogens with two attached hydrogens (primary N) is 1. The van der Waals surface area contributed by atoms with Crippen LogP contribution in [0.1, 0.15) is 0 Å². The number of rotatable bonds is 2. The smallest absolute Gasteiger partial charge is 0.394 e. The molecule has 0 bridgehead atoms. The first kappa shape index (κ1) is 8.41. The van der Waals surface area contributed by atoms with Crippen molar-refractivity contribution in [3.05, 3.63) is 0 Å². The van der Waals surface area contributed by atoms with Crippen LogP contribution < -0.4 is 11.1 Å². The highest BCUT2D eigenvalue weighted by Gasteiger charge is 2.09. The molecule has 0 rings (SSSR count). The van der Waals surface area contributed by atoms with Gasteiger partial charge in [0.15, 0.2) is 0 Å². The SMILES string of the molecule is NC(=O)CNC(=O)C(=O)O. The van der Waals surface area contributed by atoms with Gasteiger partial charge in [0.2, 0.25) is 5.91 Å². The Morgan fingerprint density at radius 1 is 1.40 bits per heavy atom. The van der Waals surface area contributed by atoms with Crippen LogP contribution in [0.5, 0.6) is 0 Å². The van der Waals surface area contributed by atoms with Gasteiger partial charge in [0.05, 0.1) is 6.54 Å². The van der Waals surface area contributed by atoms with Gasteiger partial charge in [-0.1, -0.05) is 0 Å². The standard InChI is InChI=1S/C4H6N2O4/c5-2(7)1-6-3(8)4(9)10/h1H2,(H2,5,7)(H,6,8)(H,9,10). The Hall–Kier alpha value is -1.59. The van der Waals surface area contributed by atoms with E-state index in [0.29, 0.717) is 0 Å². The second-order valence-electron chi connectivity index (χ2n) is 1.45. The molecule has 2 amide bonds. The fourth-order valence-corrected chi connectivity index (χ4v) is 0.243. The molecule has 0 heterocycles. The first-order chi connectivity index (χ1) is 4.54. The van der Waals surface area contributed by atoms with Crippen molar-refractivity contribution in [1.82, 2.24) is 5.32 Å². The van der Waals surface area contributed by atoms with Gasteiger partial charge >= 0.3 is 11.9 Å². The Morgan fingerprint density at radius 3 is 2.20 bits per heavy atom. The summed E-state index contributed by atoms with van der Waals surface area (Å²) in [5.74, 6) is -3.66. The Kier molecular flexibility index (Phi) is 2.89. The van der Waals surface area contributed by atoms with Crippen molar-refractivity contribution in [2.24, 2.45) is 5.73 Å². The third kappa shape index (κ3) is 3.42. The summed E-state index contributed by atoms with van der Waals surface area (Å²) in [6.45, 7) is -0.453. The molecule has 0 radical (unpaired) electrons. The average Bonchev–Trinajstić information content (AvgIpc) is 1.82. The number of amides is 2. The normalized spacial score (nSPS) is 8.40. The molecule has 0 aromatic carbocycles. The third-order valence-electron chi connectivity index (χ3n) is 0.617. The minimum Gasteiger partial charge on any atom is -0.474 e. The van der Waals surface area contributed by atoms with Crippen LogP contribution in [0.4, 0.5) is 0 Å². The molecule has 0 atom stereocenters. The van der Waals surface area contributed by atoms with Crippen LogP contribution in [-0.2, 0) is 14.4 Å². The van der Waals surface area contributed by atoms with E-state index in [0.717, 1.165) is 0 Å². The molecular formula is C4H6N2O4. The highest BCUT2D eigenvalue weighted by atomic mass is 16.4. The lowest BCUT2D eigenvalue weighted by Gasteiger charge is -1.94. The monoisotopic (exact) mass is 146 g/mol. The van der Waals surface area contributed by atoms with E-state index in [4.69, 9.17) is 5.11 Å². The molecule has 0 unspecified atom stereocenters. The number of carboxylic acid groups (broad SMARTS) is 1. The van der Waals surface area contributed by atoms with Crippen molar-refractivity contribution in [1.29, 1.82) is 0 Å². The zero-order valence-corrected chi connectivity index (χ0v) is 4.96. The van der Waals surface area contributed by atoms with E-state index in [-0.39, 0.29) is 0 Å². The van der Waals surface area contributed by atoms with Gasteiger partial charge in [-0.25, -0.2) is 4.79 Å². The van der Waals surface area contributed by atoms with Crippen LogP contribution in [-0.4, -0.2) is 29.4 Å². The van der Waals surface area contributed by atoms with Gasteiger partial charge in [0.1, 0.15) is 0 Å². The van der Waals surface area contributed by atoms with Crippen LogP contribution in [0, 0.1) is 0 Å². The summed E-state index contributed by atoms with van der Waals surface area (Å²) >= 11 is 0. The molecule has 0 aliphatic rings. The van der Waals surface area contributed by atoms with Crippen LogP contribution in [0.3, 0.4) is 0 Å². The lowest BCUT2D eigenvalue weighted by molar-refractivity contribution is -0.150. The van der Waals surface area contributed by atoms with E-state index >= 15 is 0 Å². The number of aliphatic carboxylic acids is 1. The number of carboxylic acids is 1. The Morgan fingerprint density at radius 2 is 1.90 bits per heavy atom. The van der Waals surface area contributed by atoms with Gasteiger partial charge in [0.25, 0.3) is 0 Å². The topological polar surface area (TPSA) is 109 Å². The number of carbonyl (C=O) groups is 3. The lowest BCUT2D eigenvalue weighted by Crippen LogP contribution is -2.37. The summed E-state index contributed by atoms with van der Waals surface area (Å²) in [4.78, 5) is 29.8. The van der Waals surface area contributed by atoms with Crippen LogP contribution in [0.25, 0.3) is 0 Å². The maximum absolute atomic E-state index is 10.1. The Balaban J connectivity index is 3.60. The van der Waals surface area contributed by atoms with Gasteiger partial charge < -0.3 is 16.2 Å². The predicted molar refractivity (Wildman–Crippen MR) is 29.8 cm³/mol. The van der Waals surface area contributed by atoms with Gasteiger partial charge in [-0.2, -0.15) is 0 Å². The molecule has 0 saturated heterocycles. The lowest BCUT2D eigenvalue weighted by atomic mass is 10.5. The summed E-state index contributed by atoms with van der Waals surface area (Å²) in [6.07, 6.45) is 0. The number of carbonyl (C=O) groups excluding carboxylic acids is 2. The number of primary amides is 1. The van der Waals surface area contributed by atoms with E-state index in [9.17, 15) is 14.4 Å². The van der Waals surface area contributed by atoms with E-state index in [1.54, 1.807) is 5.32 Å². The largest absolute Gasteiger partial charge is 0.474 e. The van der Waals surface area contributed by atoms with Gasteiger partial charge in [0, 0.05) is 0 Å². The zero-order chi connectivity index (χ0) is 8.15. The van der Waals surface area contributed by atoms with E-state index in [1.165, 1.54) is 0 Å². The maximum atomic E-state index is 10.1. The molecule has 0 aromatic heterocycles. The second kappa shape index (κ2) is 3.44. The molecule has 6 nitrogen and oxygen atoms in total. The van der Waals surface area contributed by atoms with Crippen LogP contribution >= 0.6 is 0 Å². The highest BCUT2D eigenvalue weighted by Crippen LogP contribution is 1.64. The number of hydrogen-bond donors (Lipinski definition) is 3. The third-order valence-corrected chi connectivity index (χ3v) is 0.617. The first-order valence-corrected chi connectivity index (χ1v) is 2.33. The van der Waals surface area contributed by atoms with Crippen molar-refractivity contribution in [3.63, 3.8) is 0 Å². The van der Waals surface area contributed by atoms with Crippen molar-refractivity contribution in [3.8, 4) is 0 Å². The summed E-state index contributed by atoms with van der Waals surface area (Å²) in [7, 11) is 0. The molecule has 0 aliphatic heterocycles. The minimum absolute atomic E-state index is 0.453. The highest BCUT2D eigenvalue weighted by molar-refractivity contribution is 6.31. The number of hydrogen-bond acceptors (Lipinski definition) is 3. The molecule has 6 heteroatoms. The summed E-state index contributed by atoms with van der Waals surface area (Å²) in [5.41, 5.74) is 4.59. The molecule has 0 aromatic rings. The van der Waals surface area contributed by atoms with Crippen LogP contribution in [0.15, 0.2) is 0 Å². The molecule has 0 fully saturated rings. The Labute approximate surface area is 56.0 Å². The molecule has 10 heavy (non-hydrogen) atoms. The second-order valence-corrected chi connectivity index (χ2v) is 1.45. The molecule has 4 N–H and O–H groups in total. The first-order valence-electron chi connectivity index (χ1n) is 2.33. The quantitative estimate of drug-likeness (QED) is 0.379. The molecule has 0 saturated carbocycles. The summed E-state index contributed by atoms with van der Waals surface area (Å²) in [6, 6.07) is 0. The van der Waals surface area contributed by atoms with Crippen LogP contribution in [0.2, 0.25) is 0 Å². The van der Waals surface area contributed by atoms with Gasteiger partial charge in [-0.15, -0.1) is 0 Å². The van der Waals surface area contributed by atoms with Crippen molar-refractivity contribution in [2.75, 3.05) is 6.54 Å². The van der Waals surface area contributed by atoms with E-state index in [1.807, 2.05) is 0 Å². The molecule has 0 aliphatic carbocycles.